The molecule has 2 aromatic carbocycles. The Morgan fingerprint density at radius 2 is 2.03 bits per heavy atom. The molecule has 0 saturated carbocycles. The van der Waals surface area contributed by atoms with E-state index >= 15 is 0 Å². The minimum absolute atomic E-state index is 0.244. The first-order chi connectivity index (χ1) is 16.0. The Morgan fingerprint density at radius 1 is 1.15 bits per heavy atom. The smallest absolute Gasteiger partial charge is 0.296 e. The van der Waals surface area contributed by atoms with Crippen LogP contribution >= 0.6 is 11.3 Å². The molecule has 0 saturated heterocycles. The van der Waals surface area contributed by atoms with Gasteiger partial charge in [0.05, 0.1) is 23.4 Å². The summed E-state index contributed by atoms with van der Waals surface area (Å²) in [5.74, 6) is 0.609. The maximum atomic E-state index is 13.8. The summed E-state index contributed by atoms with van der Waals surface area (Å²) >= 11 is 1.50. The van der Waals surface area contributed by atoms with E-state index in [1.165, 1.54) is 16.9 Å². The van der Waals surface area contributed by atoms with Gasteiger partial charge in [0.1, 0.15) is 0 Å². The monoisotopic (exact) mass is 457 g/mol. The van der Waals surface area contributed by atoms with Gasteiger partial charge in [-0.3, -0.25) is 14.7 Å². The summed E-state index contributed by atoms with van der Waals surface area (Å²) in [6.07, 6.45) is 3.48. The van der Waals surface area contributed by atoms with E-state index in [2.05, 4.69) is 24.0 Å². The van der Waals surface area contributed by atoms with Gasteiger partial charge >= 0.3 is 0 Å². The number of aromatic nitrogens is 2. The van der Waals surface area contributed by atoms with Crippen molar-refractivity contribution in [2.24, 2.45) is 0 Å². The predicted molar refractivity (Wildman–Crippen MR) is 131 cm³/mol. The van der Waals surface area contributed by atoms with E-state index in [-0.39, 0.29) is 11.7 Å². The number of nitrogens with zero attached hydrogens (tertiary/aromatic N) is 3. The van der Waals surface area contributed by atoms with Gasteiger partial charge in [0.25, 0.3) is 5.91 Å². The van der Waals surface area contributed by atoms with Crippen molar-refractivity contribution in [3.05, 3.63) is 83.4 Å². The van der Waals surface area contributed by atoms with Gasteiger partial charge in [-0.15, -0.1) is 0 Å². The number of hydrogen-bond acceptors (Lipinski definition) is 6. The van der Waals surface area contributed by atoms with Gasteiger partial charge in [-0.1, -0.05) is 35.6 Å². The van der Waals surface area contributed by atoms with Gasteiger partial charge < -0.3 is 9.15 Å². The Hall–Kier alpha value is -3.71. The molecule has 0 bridgehead atoms. The molecule has 0 spiro atoms. The summed E-state index contributed by atoms with van der Waals surface area (Å²) in [4.78, 5) is 24.5. The Kier molecular flexibility index (Phi) is 5.56. The maximum Gasteiger partial charge on any atom is 0.296 e. The van der Waals surface area contributed by atoms with Gasteiger partial charge in [-0.05, 0) is 61.7 Å². The van der Waals surface area contributed by atoms with Crippen molar-refractivity contribution in [2.45, 2.75) is 27.3 Å². The van der Waals surface area contributed by atoms with Crippen LogP contribution in [0.3, 0.4) is 0 Å². The van der Waals surface area contributed by atoms with Crippen LogP contribution in [0.2, 0.25) is 0 Å². The van der Waals surface area contributed by atoms with Crippen LogP contribution in [0.25, 0.3) is 21.2 Å². The van der Waals surface area contributed by atoms with Crippen molar-refractivity contribution >= 4 is 43.6 Å². The summed E-state index contributed by atoms with van der Waals surface area (Å²) in [6.45, 7) is 6.87. The zero-order chi connectivity index (χ0) is 22.9. The molecule has 0 aliphatic rings. The van der Waals surface area contributed by atoms with E-state index < -0.39 is 0 Å². The number of amides is 1. The molecular weight excluding hydrogens is 434 g/mol. The number of thiazole rings is 1. The number of benzene rings is 2. The second-order valence-corrected chi connectivity index (χ2v) is 8.90. The summed E-state index contributed by atoms with van der Waals surface area (Å²) in [5.41, 5.74) is 4.64. The highest BCUT2D eigenvalue weighted by atomic mass is 32.1. The zero-order valence-corrected chi connectivity index (χ0v) is 19.5. The Bertz CT molecular complexity index is 1460. The fourth-order valence-corrected chi connectivity index (χ4v) is 5.06. The lowest BCUT2D eigenvalue weighted by atomic mass is 10.1. The molecule has 0 unspecified atom stereocenters. The highest BCUT2D eigenvalue weighted by molar-refractivity contribution is 7.22. The number of furan rings is 1. The lowest BCUT2D eigenvalue weighted by Crippen LogP contribution is -2.30. The topological polar surface area (TPSA) is 68.5 Å². The van der Waals surface area contributed by atoms with Gasteiger partial charge in [-0.25, -0.2) is 4.98 Å². The van der Waals surface area contributed by atoms with Gasteiger partial charge in [-0.2, -0.15) is 0 Å². The number of carbonyl (C=O) groups is 1. The number of aryl methyl sites for hydroxylation is 2. The minimum Gasteiger partial charge on any atom is -0.490 e. The number of para-hydroxylation sites is 1. The third kappa shape index (κ3) is 4.07. The third-order valence-corrected chi connectivity index (χ3v) is 6.40. The van der Waals surface area contributed by atoms with Crippen LogP contribution in [0.15, 0.2) is 65.3 Å². The first kappa shape index (κ1) is 21.2. The van der Waals surface area contributed by atoms with E-state index in [4.69, 9.17) is 14.1 Å². The average molecular weight is 458 g/mol. The molecule has 0 fully saturated rings. The number of hydrogen-bond donors (Lipinski definition) is 0. The number of carbonyl (C=O) groups excluding carboxylic acids is 1. The molecule has 3 aromatic heterocycles. The molecule has 6 nitrogen and oxygen atoms in total. The van der Waals surface area contributed by atoms with Crippen molar-refractivity contribution in [1.29, 1.82) is 0 Å². The Balaban J connectivity index is 1.60. The van der Waals surface area contributed by atoms with E-state index in [1.54, 1.807) is 23.4 Å². The molecule has 7 heteroatoms. The van der Waals surface area contributed by atoms with Crippen LogP contribution in [0, 0.1) is 13.8 Å². The molecule has 5 rings (SSSR count). The second kappa shape index (κ2) is 8.67. The number of ether oxygens (including phenoxy) is 1. The van der Waals surface area contributed by atoms with Crippen molar-refractivity contribution in [1.82, 2.24) is 9.97 Å². The van der Waals surface area contributed by atoms with Crippen molar-refractivity contribution in [3.63, 3.8) is 0 Å². The minimum atomic E-state index is -0.258. The highest BCUT2D eigenvalue weighted by Crippen LogP contribution is 2.35. The maximum absolute atomic E-state index is 13.8. The fourth-order valence-electron chi connectivity index (χ4n) is 3.92. The third-order valence-electron chi connectivity index (χ3n) is 5.38. The number of fused-ring (bicyclic) bond motifs is 2. The van der Waals surface area contributed by atoms with Crippen LogP contribution in [0.1, 0.15) is 34.2 Å². The van der Waals surface area contributed by atoms with Crippen LogP contribution in [0.5, 0.6) is 5.75 Å². The van der Waals surface area contributed by atoms with Crippen molar-refractivity contribution in [3.8, 4) is 5.75 Å². The standard InChI is InChI=1S/C26H23N3O3S/c1-4-31-20-9-5-8-19-13-21(32-24(19)20)25(30)29(15-18-7-6-10-27-14-18)26-28-23-17(3)11-16(2)12-22(23)33-26/h5-14H,4,15H2,1-3H3. The normalized spacial score (nSPS) is 11.2. The van der Waals surface area contributed by atoms with E-state index in [9.17, 15) is 4.79 Å². The highest BCUT2D eigenvalue weighted by Gasteiger charge is 2.26. The number of anilines is 1. The molecule has 0 aliphatic heterocycles. The molecule has 0 N–H and O–H groups in total. The Morgan fingerprint density at radius 3 is 2.82 bits per heavy atom. The SMILES string of the molecule is CCOc1cccc2cc(C(=O)N(Cc3cccnc3)c3nc4c(C)cc(C)cc4s3)oc12. The lowest BCUT2D eigenvalue weighted by Gasteiger charge is -2.18. The summed E-state index contributed by atoms with van der Waals surface area (Å²) in [6, 6.07) is 15.4. The molecule has 0 aliphatic carbocycles. The van der Waals surface area contributed by atoms with Crippen molar-refractivity contribution < 1.29 is 13.9 Å². The first-order valence-electron chi connectivity index (χ1n) is 10.8. The van der Waals surface area contributed by atoms with E-state index in [0.29, 0.717) is 29.6 Å². The predicted octanol–water partition coefficient (Wildman–Crippen LogP) is 6.30. The molecule has 166 valence electrons. The van der Waals surface area contributed by atoms with Crippen LogP contribution in [0.4, 0.5) is 5.13 Å². The summed E-state index contributed by atoms with van der Waals surface area (Å²) < 4.78 is 12.7. The van der Waals surface area contributed by atoms with Crippen LogP contribution < -0.4 is 9.64 Å². The molecule has 3 heterocycles. The largest absolute Gasteiger partial charge is 0.490 e. The van der Waals surface area contributed by atoms with Crippen molar-refractivity contribution in [2.75, 3.05) is 11.5 Å². The summed E-state index contributed by atoms with van der Waals surface area (Å²) in [7, 11) is 0. The number of rotatable bonds is 6. The van der Waals surface area contributed by atoms with Crippen LogP contribution in [-0.2, 0) is 6.54 Å². The molecule has 1 amide bonds. The quantitative estimate of drug-likeness (QED) is 0.299. The fraction of sp³-hybridized carbons (Fsp3) is 0.192. The van der Waals surface area contributed by atoms with E-state index in [1.807, 2.05) is 44.2 Å². The molecule has 5 aromatic rings. The molecule has 33 heavy (non-hydrogen) atoms. The van der Waals surface area contributed by atoms with Gasteiger partial charge in [0.2, 0.25) is 0 Å². The molecule has 0 radical (unpaired) electrons. The van der Waals surface area contributed by atoms with Gasteiger partial charge in [0, 0.05) is 17.8 Å². The summed E-state index contributed by atoms with van der Waals surface area (Å²) in [5, 5.41) is 1.44. The van der Waals surface area contributed by atoms with Crippen LogP contribution in [-0.4, -0.2) is 22.5 Å². The second-order valence-electron chi connectivity index (χ2n) is 7.90. The number of pyridine rings is 1. The lowest BCUT2D eigenvalue weighted by molar-refractivity contribution is 0.0960. The molecular formula is C26H23N3O3S. The van der Waals surface area contributed by atoms with E-state index in [0.717, 1.165) is 26.7 Å². The molecule has 0 atom stereocenters. The Labute approximate surface area is 195 Å². The first-order valence-corrected chi connectivity index (χ1v) is 11.6. The van der Waals surface area contributed by atoms with Gasteiger partial charge in [0.15, 0.2) is 22.2 Å². The zero-order valence-electron chi connectivity index (χ0n) is 18.7. The average Bonchev–Trinajstić information content (AvgIpc) is 3.43.